The summed E-state index contributed by atoms with van der Waals surface area (Å²) in [4.78, 5) is 0. The van der Waals surface area contributed by atoms with Crippen molar-refractivity contribution in [2.75, 3.05) is 5.75 Å². The second kappa shape index (κ2) is 5.71. The number of hydrogen-bond acceptors (Lipinski definition) is 2. The number of thioether (sulfide) groups is 1. The molecule has 1 aromatic carbocycles. The highest BCUT2D eigenvalue weighted by molar-refractivity contribution is 8.00. The summed E-state index contributed by atoms with van der Waals surface area (Å²) in [5.74, 6) is -0.793. The van der Waals surface area contributed by atoms with Crippen LogP contribution in [0.2, 0.25) is 0 Å². The Labute approximate surface area is 114 Å². The predicted molar refractivity (Wildman–Crippen MR) is 70.5 cm³/mol. The van der Waals surface area contributed by atoms with E-state index in [4.69, 9.17) is 5.73 Å². The summed E-state index contributed by atoms with van der Waals surface area (Å²) in [7, 11) is 0. The van der Waals surface area contributed by atoms with Crippen LogP contribution in [-0.4, -0.2) is 10.5 Å². The van der Waals surface area contributed by atoms with Gasteiger partial charge in [0.2, 0.25) is 0 Å². The number of halogens is 4. The first kappa shape index (κ1) is 16.3. The standard InChI is InChI=1S/C13H17F4NS/c1-12(2,3)19-7-11(18)8-4-5-10(14)9(6-8)13(15,16)17/h4-6,11H,7,18H2,1-3H3. The van der Waals surface area contributed by atoms with Crippen LogP contribution in [0.1, 0.15) is 37.9 Å². The number of rotatable bonds is 3. The molecule has 1 nitrogen and oxygen atoms in total. The minimum atomic E-state index is -4.70. The number of hydrogen-bond donors (Lipinski definition) is 1. The molecule has 0 aliphatic rings. The molecule has 2 N–H and O–H groups in total. The van der Waals surface area contributed by atoms with Crippen LogP contribution < -0.4 is 5.73 Å². The van der Waals surface area contributed by atoms with Gasteiger partial charge in [-0.3, -0.25) is 0 Å². The molecule has 0 spiro atoms. The number of benzene rings is 1. The monoisotopic (exact) mass is 295 g/mol. The van der Waals surface area contributed by atoms with Crippen LogP contribution >= 0.6 is 11.8 Å². The highest BCUT2D eigenvalue weighted by Gasteiger charge is 2.34. The SMILES string of the molecule is CC(C)(C)SCC(N)c1ccc(F)c(C(F)(F)F)c1. The van der Waals surface area contributed by atoms with E-state index >= 15 is 0 Å². The van der Waals surface area contributed by atoms with Gasteiger partial charge in [-0.1, -0.05) is 26.8 Å². The Bertz CT molecular complexity index is 437. The Balaban J connectivity index is 2.90. The highest BCUT2D eigenvalue weighted by Crippen LogP contribution is 2.34. The van der Waals surface area contributed by atoms with E-state index < -0.39 is 23.6 Å². The minimum absolute atomic E-state index is 0.0233. The molecule has 108 valence electrons. The molecule has 0 heterocycles. The predicted octanol–water partition coefficient (Wildman–Crippen LogP) is 4.38. The lowest BCUT2D eigenvalue weighted by atomic mass is 10.0. The van der Waals surface area contributed by atoms with E-state index in [2.05, 4.69) is 0 Å². The van der Waals surface area contributed by atoms with Gasteiger partial charge in [0.15, 0.2) is 0 Å². The normalized spacial score (nSPS) is 14.5. The van der Waals surface area contributed by atoms with Crippen molar-refractivity contribution in [3.05, 3.63) is 35.1 Å². The van der Waals surface area contributed by atoms with Gasteiger partial charge in [-0.15, -0.1) is 0 Å². The third-order valence-electron chi connectivity index (χ3n) is 2.42. The van der Waals surface area contributed by atoms with Gasteiger partial charge in [-0.2, -0.15) is 24.9 Å². The Morgan fingerprint density at radius 1 is 1.21 bits per heavy atom. The van der Waals surface area contributed by atoms with Gasteiger partial charge < -0.3 is 5.73 Å². The molecule has 19 heavy (non-hydrogen) atoms. The summed E-state index contributed by atoms with van der Waals surface area (Å²) in [5, 5.41) is 0. The van der Waals surface area contributed by atoms with Crippen molar-refractivity contribution in [3.8, 4) is 0 Å². The van der Waals surface area contributed by atoms with E-state index in [1.165, 1.54) is 6.07 Å². The first-order chi connectivity index (χ1) is 8.50. The quantitative estimate of drug-likeness (QED) is 0.838. The zero-order chi connectivity index (χ0) is 14.8. The molecular weight excluding hydrogens is 278 g/mol. The first-order valence-electron chi connectivity index (χ1n) is 5.77. The van der Waals surface area contributed by atoms with Crippen molar-refractivity contribution >= 4 is 11.8 Å². The average Bonchev–Trinajstić information content (AvgIpc) is 2.24. The Morgan fingerprint density at radius 2 is 1.79 bits per heavy atom. The Morgan fingerprint density at radius 3 is 2.26 bits per heavy atom. The molecular formula is C13H17F4NS. The lowest BCUT2D eigenvalue weighted by molar-refractivity contribution is -0.140. The summed E-state index contributed by atoms with van der Waals surface area (Å²) < 4.78 is 50.9. The van der Waals surface area contributed by atoms with E-state index in [0.29, 0.717) is 11.3 Å². The van der Waals surface area contributed by atoms with Crippen molar-refractivity contribution in [1.82, 2.24) is 0 Å². The van der Waals surface area contributed by atoms with Crippen molar-refractivity contribution in [1.29, 1.82) is 0 Å². The maximum Gasteiger partial charge on any atom is 0.419 e. The number of nitrogens with two attached hydrogens (primary N) is 1. The maximum absolute atomic E-state index is 13.1. The summed E-state index contributed by atoms with van der Waals surface area (Å²) in [5.41, 5.74) is 4.89. The molecule has 0 bridgehead atoms. The minimum Gasteiger partial charge on any atom is -0.323 e. The highest BCUT2D eigenvalue weighted by atomic mass is 32.2. The van der Waals surface area contributed by atoms with Gasteiger partial charge in [0, 0.05) is 16.5 Å². The van der Waals surface area contributed by atoms with Crippen molar-refractivity contribution in [2.45, 2.75) is 37.7 Å². The van der Waals surface area contributed by atoms with Crippen LogP contribution in [0.15, 0.2) is 18.2 Å². The average molecular weight is 295 g/mol. The van der Waals surface area contributed by atoms with Gasteiger partial charge in [0.1, 0.15) is 5.82 Å². The molecule has 1 atom stereocenters. The Hall–Kier alpha value is -0.750. The molecule has 6 heteroatoms. The van der Waals surface area contributed by atoms with E-state index in [-0.39, 0.29) is 4.75 Å². The van der Waals surface area contributed by atoms with Crippen molar-refractivity contribution in [3.63, 3.8) is 0 Å². The van der Waals surface area contributed by atoms with E-state index in [1.807, 2.05) is 20.8 Å². The first-order valence-corrected chi connectivity index (χ1v) is 6.75. The molecule has 1 unspecified atom stereocenters. The summed E-state index contributed by atoms with van der Waals surface area (Å²) in [6.45, 7) is 5.99. The second-order valence-electron chi connectivity index (χ2n) is 5.27. The summed E-state index contributed by atoms with van der Waals surface area (Å²) in [6.07, 6.45) is -4.70. The van der Waals surface area contributed by atoms with Crippen molar-refractivity contribution in [2.24, 2.45) is 5.73 Å². The summed E-state index contributed by atoms with van der Waals surface area (Å²) >= 11 is 1.55. The molecule has 0 aliphatic heterocycles. The molecule has 1 rings (SSSR count). The zero-order valence-electron chi connectivity index (χ0n) is 11.0. The van der Waals surface area contributed by atoms with Crippen LogP contribution in [-0.2, 0) is 6.18 Å². The van der Waals surface area contributed by atoms with Crippen LogP contribution in [0.25, 0.3) is 0 Å². The molecule has 0 saturated carbocycles. The van der Waals surface area contributed by atoms with Crippen LogP contribution in [0, 0.1) is 5.82 Å². The lowest BCUT2D eigenvalue weighted by Gasteiger charge is -2.21. The fraction of sp³-hybridized carbons (Fsp3) is 0.538. The van der Waals surface area contributed by atoms with E-state index in [9.17, 15) is 17.6 Å². The van der Waals surface area contributed by atoms with Gasteiger partial charge in [0.05, 0.1) is 5.56 Å². The molecule has 0 aliphatic carbocycles. The van der Waals surface area contributed by atoms with Gasteiger partial charge in [-0.05, 0) is 17.7 Å². The molecule has 1 aromatic rings. The van der Waals surface area contributed by atoms with E-state index in [0.717, 1.165) is 12.1 Å². The van der Waals surface area contributed by atoms with Crippen LogP contribution in [0.5, 0.6) is 0 Å². The van der Waals surface area contributed by atoms with Crippen molar-refractivity contribution < 1.29 is 17.6 Å². The smallest absolute Gasteiger partial charge is 0.323 e. The lowest BCUT2D eigenvalue weighted by Crippen LogP contribution is -2.19. The van der Waals surface area contributed by atoms with Gasteiger partial charge in [-0.25, -0.2) is 4.39 Å². The third kappa shape index (κ3) is 5.03. The maximum atomic E-state index is 13.1. The van der Waals surface area contributed by atoms with E-state index in [1.54, 1.807) is 11.8 Å². The number of alkyl halides is 3. The van der Waals surface area contributed by atoms with Gasteiger partial charge >= 0.3 is 6.18 Å². The zero-order valence-corrected chi connectivity index (χ0v) is 11.8. The molecule has 0 fully saturated rings. The van der Waals surface area contributed by atoms with Crippen LogP contribution in [0.4, 0.5) is 17.6 Å². The fourth-order valence-electron chi connectivity index (χ4n) is 1.43. The second-order valence-corrected chi connectivity index (χ2v) is 7.11. The Kier molecular flexibility index (Phi) is 4.90. The molecule has 0 aromatic heterocycles. The topological polar surface area (TPSA) is 26.0 Å². The summed E-state index contributed by atoms with van der Waals surface area (Å²) in [6, 6.07) is 2.37. The van der Waals surface area contributed by atoms with Crippen LogP contribution in [0.3, 0.4) is 0 Å². The largest absolute Gasteiger partial charge is 0.419 e. The third-order valence-corrected chi connectivity index (χ3v) is 3.81. The molecule has 0 amide bonds. The fourth-order valence-corrected chi connectivity index (χ4v) is 2.30. The molecule has 0 radical (unpaired) electrons. The molecule has 0 saturated heterocycles. The van der Waals surface area contributed by atoms with Gasteiger partial charge in [0.25, 0.3) is 0 Å².